The number of morpholine rings is 1. The number of nitrogens with one attached hydrogen (secondary N) is 1. The Morgan fingerprint density at radius 1 is 1.37 bits per heavy atom. The molecule has 2 fully saturated rings. The van der Waals surface area contributed by atoms with E-state index in [0.717, 1.165) is 25.9 Å². The van der Waals surface area contributed by atoms with Gasteiger partial charge in [-0.2, -0.15) is 0 Å². The van der Waals surface area contributed by atoms with Gasteiger partial charge < -0.3 is 15.2 Å². The maximum atomic E-state index is 11.8. The maximum Gasteiger partial charge on any atom is 0.325 e. The average Bonchev–Trinajstić information content (AvgIpc) is 3.10. The fourth-order valence-corrected chi connectivity index (χ4v) is 3.30. The van der Waals surface area contributed by atoms with Crippen LogP contribution in [0.4, 0.5) is 0 Å². The highest BCUT2D eigenvalue weighted by Gasteiger charge is 2.51. The molecule has 0 aromatic rings. The monoisotopic (exact) mass is 270 g/mol. The third-order valence-corrected chi connectivity index (χ3v) is 4.12. The van der Waals surface area contributed by atoms with Crippen LogP contribution in [-0.2, 0) is 9.53 Å². The Morgan fingerprint density at radius 3 is 2.37 bits per heavy atom. The summed E-state index contributed by atoms with van der Waals surface area (Å²) in [6, 6.07) is 0. The lowest BCUT2D eigenvalue weighted by atomic mass is 9.91. The zero-order chi connectivity index (χ0) is 14.0. The molecule has 2 N–H and O–H groups in total. The van der Waals surface area contributed by atoms with Crippen LogP contribution in [0, 0.1) is 5.92 Å². The predicted octanol–water partition coefficient (Wildman–Crippen LogP) is 0.939. The summed E-state index contributed by atoms with van der Waals surface area (Å²) in [6.45, 7) is 8.99. The highest BCUT2D eigenvalue weighted by Crippen LogP contribution is 2.40. The number of aliphatic carboxylic acids is 1. The molecule has 110 valence electrons. The van der Waals surface area contributed by atoms with Gasteiger partial charge in [-0.3, -0.25) is 9.69 Å². The van der Waals surface area contributed by atoms with Crippen LogP contribution < -0.4 is 5.32 Å². The fourth-order valence-electron chi connectivity index (χ4n) is 3.30. The molecule has 1 saturated heterocycles. The lowest BCUT2D eigenvalue weighted by Crippen LogP contribution is -2.63. The van der Waals surface area contributed by atoms with E-state index in [2.05, 4.69) is 24.1 Å². The highest BCUT2D eigenvalue weighted by atomic mass is 16.5. The number of carboxylic acid groups (broad SMARTS) is 1. The second-order valence-electron chi connectivity index (χ2n) is 6.03. The first-order chi connectivity index (χ1) is 8.98. The fraction of sp³-hybridized carbons (Fsp3) is 0.929. The SMILES string of the molecule is CCNC(CN1CC(C)OC(C)C1)(C(=O)O)C1CC1. The van der Waals surface area contributed by atoms with Gasteiger partial charge in [-0.15, -0.1) is 0 Å². The summed E-state index contributed by atoms with van der Waals surface area (Å²) < 4.78 is 5.72. The topological polar surface area (TPSA) is 61.8 Å². The van der Waals surface area contributed by atoms with Crippen LogP contribution >= 0.6 is 0 Å². The number of rotatable bonds is 6. The van der Waals surface area contributed by atoms with Gasteiger partial charge in [0.05, 0.1) is 12.2 Å². The molecule has 3 atom stereocenters. The molecule has 0 bridgehead atoms. The molecule has 19 heavy (non-hydrogen) atoms. The smallest absolute Gasteiger partial charge is 0.325 e. The summed E-state index contributed by atoms with van der Waals surface area (Å²) in [6.07, 6.45) is 2.40. The van der Waals surface area contributed by atoms with Gasteiger partial charge in [0.25, 0.3) is 0 Å². The van der Waals surface area contributed by atoms with Crippen LogP contribution in [0.15, 0.2) is 0 Å². The highest BCUT2D eigenvalue weighted by molar-refractivity contribution is 5.80. The number of likely N-dealkylation sites (N-methyl/N-ethyl adjacent to an activating group) is 1. The van der Waals surface area contributed by atoms with Crippen LogP contribution in [0.2, 0.25) is 0 Å². The van der Waals surface area contributed by atoms with Gasteiger partial charge in [-0.25, -0.2) is 0 Å². The average molecular weight is 270 g/mol. The third kappa shape index (κ3) is 3.27. The molecule has 0 aromatic heterocycles. The first-order valence-corrected chi connectivity index (χ1v) is 7.34. The molecule has 3 unspecified atom stereocenters. The van der Waals surface area contributed by atoms with E-state index < -0.39 is 11.5 Å². The molecule has 5 nitrogen and oxygen atoms in total. The summed E-state index contributed by atoms with van der Waals surface area (Å²) in [4.78, 5) is 14.1. The van der Waals surface area contributed by atoms with Crippen LogP contribution in [0.25, 0.3) is 0 Å². The number of hydrogen-bond donors (Lipinski definition) is 2. The minimum absolute atomic E-state index is 0.177. The molecule has 0 radical (unpaired) electrons. The third-order valence-electron chi connectivity index (χ3n) is 4.12. The van der Waals surface area contributed by atoms with Crippen molar-refractivity contribution in [2.75, 3.05) is 26.2 Å². The van der Waals surface area contributed by atoms with Crippen molar-refractivity contribution in [2.24, 2.45) is 5.92 Å². The summed E-state index contributed by atoms with van der Waals surface area (Å²) in [5.41, 5.74) is -0.772. The molecule has 1 aliphatic heterocycles. The molecule has 0 spiro atoms. The second-order valence-corrected chi connectivity index (χ2v) is 6.03. The normalized spacial score (nSPS) is 31.9. The number of carbonyl (C=O) groups is 1. The van der Waals surface area contributed by atoms with Crippen LogP contribution in [0.3, 0.4) is 0 Å². The first kappa shape index (κ1) is 14.8. The van der Waals surface area contributed by atoms with Gasteiger partial charge >= 0.3 is 5.97 Å². The Labute approximate surface area is 115 Å². The standard InChI is InChI=1S/C14H26N2O3/c1-4-15-14(13(17)18,12-5-6-12)9-16-7-10(2)19-11(3)8-16/h10-12,15H,4-9H2,1-3H3,(H,17,18). The van der Waals surface area contributed by atoms with Crippen molar-refractivity contribution in [2.45, 2.75) is 51.4 Å². The molecule has 2 aliphatic rings. The molecule has 2 rings (SSSR count). The van der Waals surface area contributed by atoms with Gasteiger partial charge in [-0.05, 0) is 39.2 Å². The van der Waals surface area contributed by atoms with Crippen LogP contribution in [0.5, 0.6) is 0 Å². The van der Waals surface area contributed by atoms with E-state index in [0.29, 0.717) is 13.1 Å². The van der Waals surface area contributed by atoms with Crippen molar-refractivity contribution in [3.05, 3.63) is 0 Å². The van der Waals surface area contributed by atoms with Crippen molar-refractivity contribution >= 4 is 5.97 Å². The molecule has 1 aliphatic carbocycles. The quantitative estimate of drug-likeness (QED) is 0.752. The Kier molecular flexibility index (Phi) is 4.48. The molecule has 1 heterocycles. The minimum atomic E-state index is -0.772. The molecule has 0 aromatic carbocycles. The van der Waals surface area contributed by atoms with E-state index in [9.17, 15) is 9.90 Å². The van der Waals surface area contributed by atoms with Crippen molar-refractivity contribution in [3.8, 4) is 0 Å². The minimum Gasteiger partial charge on any atom is -0.480 e. The Hall–Kier alpha value is -0.650. The van der Waals surface area contributed by atoms with E-state index in [4.69, 9.17) is 4.74 Å². The second kappa shape index (κ2) is 5.77. The van der Waals surface area contributed by atoms with E-state index in [-0.39, 0.29) is 18.1 Å². The number of carboxylic acids is 1. The lowest BCUT2D eigenvalue weighted by molar-refractivity contribution is -0.149. The van der Waals surface area contributed by atoms with Gasteiger partial charge in [0.15, 0.2) is 0 Å². The van der Waals surface area contributed by atoms with Gasteiger partial charge in [0, 0.05) is 19.6 Å². The molecular formula is C14H26N2O3. The van der Waals surface area contributed by atoms with Crippen LogP contribution in [-0.4, -0.2) is 59.9 Å². The van der Waals surface area contributed by atoms with Crippen molar-refractivity contribution in [1.82, 2.24) is 10.2 Å². The summed E-state index contributed by atoms with van der Waals surface area (Å²) in [5.74, 6) is -0.429. The number of hydrogen-bond acceptors (Lipinski definition) is 4. The molecule has 5 heteroatoms. The van der Waals surface area contributed by atoms with E-state index in [1.54, 1.807) is 0 Å². The number of nitrogens with zero attached hydrogens (tertiary/aromatic N) is 1. The zero-order valence-electron chi connectivity index (χ0n) is 12.2. The maximum absolute atomic E-state index is 11.8. The van der Waals surface area contributed by atoms with Crippen molar-refractivity contribution in [1.29, 1.82) is 0 Å². The largest absolute Gasteiger partial charge is 0.480 e. The molecular weight excluding hydrogens is 244 g/mol. The Bertz CT molecular complexity index is 323. The molecule has 0 amide bonds. The van der Waals surface area contributed by atoms with Gasteiger partial charge in [0.1, 0.15) is 5.54 Å². The summed E-state index contributed by atoms with van der Waals surface area (Å²) in [7, 11) is 0. The zero-order valence-corrected chi connectivity index (χ0v) is 12.2. The van der Waals surface area contributed by atoms with Gasteiger partial charge in [0.2, 0.25) is 0 Å². The Morgan fingerprint density at radius 2 is 1.95 bits per heavy atom. The Balaban J connectivity index is 2.08. The predicted molar refractivity (Wildman–Crippen MR) is 73.2 cm³/mol. The first-order valence-electron chi connectivity index (χ1n) is 7.34. The van der Waals surface area contributed by atoms with Crippen molar-refractivity contribution < 1.29 is 14.6 Å². The van der Waals surface area contributed by atoms with Gasteiger partial charge in [-0.1, -0.05) is 6.92 Å². The lowest BCUT2D eigenvalue weighted by Gasteiger charge is -2.41. The van der Waals surface area contributed by atoms with E-state index >= 15 is 0 Å². The van der Waals surface area contributed by atoms with E-state index in [1.165, 1.54) is 0 Å². The van der Waals surface area contributed by atoms with E-state index in [1.807, 2.05) is 6.92 Å². The summed E-state index contributed by atoms with van der Waals surface area (Å²) >= 11 is 0. The summed E-state index contributed by atoms with van der Waals surface area (Å²) in [5, 5.41) is 13.0. The van der Waals surface area contributed by atoms with Crippen molar-refractivity contribution in [3.63, 3.8) is 0 Å². The number of ether oxygens (including phenoxy) is 1. The molecule has 1 saturated carbocycles. The van der Waals surface area contributed by atoms with Crippen LogP contribution in [0.1, 0.15) is 33.6 Å².